The molecule has 0 saturated carbocycles. The van der Waals surface area contributed by atoms with E-state index in [-0.39, 0.29) is 11.9 Å². The van der Waals surface area contributed by atoms with Crippen molar-refractivity contribution in [2.24, 2.45) is 0 Å². The zero-order valence-electron chi connectivity index (χ0n) is 15.6. The van der Waals surface area contributed by atoms with Crippen molar-refractivity contribution in [2.75, 3.05) is 0 Å². The lowest BCUT2D eigenvalue weighted by Gasteiger charge is -2.29. The molecule has 2 aromatic carbocycles. The molecule has 2 bridgehead atoms. The summed E-state index contributed by atoms with van der Waals surface area (Å²) in [6.45, 7) is 0. The molecule has 2 saturated heterocycles. The number of amides is 1. The number of carbonyl (C=O) groups excluding carboxylic acids is 1. The van der Waals surface area contributed by atoms with E-state index in [0.29, 0.717) is 29.3 Å². The van der Waals surface area contributed by atoms with Gasteiger partial charge < -0.3 is 15.1 Å². The molecule has 0 aliphatic carbocycles. The van der Waals surface area contributed by atoms with E-state index in [1.165, 1.54) is 12.8 Å². The Hall–Kier alpha value is -2.92. The molecule has 5 nitrogen and oxygen atoms in total. The number of fused-ring (bicyclic) bond motifs is 2. The Morgan fingerprint density at radius 1 is 1.00 bits per heavy atom. The summed E-state index contributed by atoms with van der Waals surface area (Å²) in [4.78, 5) is 17.4. The summed E-state index contributed by atoms with van der Waals surface area (Å²) >= 11 is 0. The van der Waals surface area contributed by atoms with Gasteiger partial charge in [0.1, 0.15) is 0 Å². The fourth-order valence-corrected chi connectivity index (χ4v) is 4.44. The van der Waals surface area contributed by atoms with Crippen LogP contribution in [0.4, 0.5) is 0 Å². The van der Waals surface area contributed by atoms with Crippen molar-refractivity contribution in [2.45, 2.75) is 43.8 Å². The summed E-state index contributed by atoms with van der Waals surface area (Å²) in [5.74, 6) is 1.11. The Balaban J connectivity index is 1.38. The van der Waals surface area contributed by atoms with Crippen molar-refractivity contribution in [3.05, 3.63) is 66.4 Å². The molecule has 3 heterocycles. The van der Waals surface area contributed by atoms with Gasteiger partial charge in [-0.1, -0.05) is 42.5 Å². The van der Waals surface area contributed by atoms with E-state index < -0.39 is 0 Å². The van der Waals surface area contributed by atoms with E-state index >= 15 is 0 Å². The molecule has 2 aliphatic heterocycles. The quantitative estimate of drug-likeness (QED) is 0.725. The highest BCUT2D eigenvalue weighted by Gasteiger charge is 2.34. The van der Waals surface area contributed by atoms with Crippen LogP contribution in [-0.2, 0) is 0 Å². The lowest BCUT2D eigenvalue weighted by atomic mass is 9.98. The van der Waals surface area contributed by atoms with Crippen molar-refractivity contribution in [1.29, 1.82) is 0 Å². The maximum atomic E-state index is 13.0. The molecule has 2 fully saturated rings. The molecule has 0 spiro atoms. The van der Waals surface area contributed by atoms with Crippen LogP contribution in [0, 0.1) is 0 Å². The van der Waals surface area contributed by atoms with E-state index in [2.05, 4.69) is 15.6 Å². The second-order valence-corrected chi connectivity index (χ2v) is 7.72. The van der Waals surface area contributed by atoms with Gasteiger partial charge in [0, 0.05) is 29.3 Å². The maximum absolute atomic E-state index is 13.0. The summed E-state index contributed by atoms with van der Waals surface area (Å²) < 4.78 is 5.98. The number of piperidine rings is 1. The minimum Gasteiger partial charge on any atom is -0.436 e. The van der Waals surface area contributed by atoms with Crippen LogP contribution < -0.4 is 10.6 Å². The van der Waals surface area contributed by atoms with Gasteiger partial charge in [0.15, 0.2) is 5.76 Å². The first-order chi connectivity index (χ1) is 13.8. The molecule has 3 aromatic rings. The molecule has 2 unspecified atom stereocenters. The number of nitrogens with one attached hydrogen (secondary N) is 2. The fourth-order valence-electron chi connectivity index (χ4n) is 4.44. The molecular formula is C23H23N3O2. The summed E-state index contributed by atoms with van der Waals surface area (Å²) in [7, 11) is 0. The number of hydrogen-bond donors (Lipinski definition) is 2. The Kier molecular flexibility index (Phi) is 4.45. The van der Waals surface area contributed by atoms with Crippen LogP contribution in [0.25, 0.3) is 22.8 Å². The molecule has 2 atom stereocenters. The Morgan fingerprint density at radius 3 is 2.50 bits per heavy atom. The predicted molar refractivity (Wildman–Crippen MR) is 108 cm³/mol. The largest absolute Gasteiger partial charge is 0.436 e. The average Bonchev–Trinajstić information content (AvgIpc) is 3.35. The zero-order valence-corrected chi connectivity index (χ0v) is 15.6. The Bertz CT molecular complexity index is 970. The molecule has 1 aromatic heterocycles. The average molecular weight is 373 g/mol. The van der Waals surface area contributed by atoms with Crippen LogP contribution in [0.2, 0.25) is 0 Å². The summed E-state index contributed by atoms with van der Waals surface area (Å²) in [6.07, 6.45) is 6.14. The third-order valence-corrected chi connectivity index (χ3v) is 5.77. The van der Waals surface area contributed by atoms with E-state index in [0.717, 1.165) is 24.0 Å². The van der Waals surface area contributed by atoms with E-state index in [9.17, 15) is 4.79 Å². The van der Waals surface area contributed by atoms with Crippen LogP contribution in [0.3, 0.4) is 0 Å². The molecular weight excluding hydrogens is 350 g/mol. The van der Waals surface area contributed by atoms with Gasteiger partial charge in [-0.3, -0.25) is 4.79 Å². The molecule has 5 heteroatoms. The smallest absolute Gasteiger partial charge is 0.252 e. The molecule has 142 valence electrons. The van der Waals surface area contributed by atoms with Gasteiger partial charge in [-0.2, -0.15) is 0 Å². The van der Waals surface area contributed by atoms with Crippen molar-refractivity contribution in [3.8, 4) is 22.8 Å². The van der Waals surface area contributed by atoms with E-state index in [4.69, 9.17) is 4.42 Å². The first kappa shape index (κ1) is 17.2. The normalized spacial score (nSPS) is 23.5. The van der Waals surface area contributed by atoms with Gasteiger partial charge in [0.2, 0.25) is 5.89 Å². The minimum atomic E-state index is -0.0543. The van der Waals surface area contributed by atoms with E-state index in [1.807, 2.05) is 54.6 Å². The lowest BCUT2D eigenvalue weighted by Crippen LogP contribution is -2.48. The van der Waals surface area contributed by atoms with Gasteiger partial charge >= 0.3 is 0 Å². The fraction of sp³-hybridized carbons (Fsp3) is 0.304. The number of aromatic nitrogens is 1. The number of benzene rings is 2. The van der Waals surface area contributed by atoms with Gasteiger partial charge in [-0.25, -0.2) is 4.98 Å². The van der Waals surface area contributed by atoms with Crippen molar-refractivity contribution in [3.63, 3.8) is 0 Å². The zero-order chi connectivity index (χ0) is 18.9. The lowest BCUT2D eigenvalue weighted by molar-refractivity contribution is 0.0924. The molecule has 0 radical (unpaired) electrons. The molecule has 5 rings (SSSR count). The third-order valence-electron chi connectivity index (χ3n) is 5.77. The molecule has 2 aliphatic rings. The molecule has 1 amide bonds. The summed E-state index contributed by atoms with van der Waals surface area (Å²) in [5, 5.41) is 6.85. The highest BCUT2D eigenvalue weighted by atomic mass is 16.4. The van der Waals surface area contributed by atoms with Crippen LogP contribution in [0.5, 0.6) is 0 Å². The van der Waals surface area contributed by atoms with Crippen LogP contribution in [0.15, 0.2) is 65.2 Å². The van der Waals surface area contributed by atoms with Crippen molar-refractivity contribution in [1.82, 2.24) is 15.6 Å². The predicted octanol–water partition coefficient (Wildman–Crippen LogP) is 4.02. The van der Waals surface area contributed by atoms with Crippen LogP contribution in [-0.4, -0.2) is 29.0 Å². The molecule has 2 N–H and O–H groups in total. The Morgan fingerprint density at radius 2 is 1.71 bits per heavy atom. The van der Waals surface area contributed by atoms with Gasteiger partial charge in [0.05, 0.1) is 11.8 Å². The number of rotatable bonds is 4. The SMILES string of the molecule is O=C(NC1CC2CCC(C1)N2)c1ccccc1-c1ncc(-c2ccccc2)o1. The number of nitrogens with zero attached hydrogens (tertiary/aromatic N) is 1. The standard InChI is InChI=1S/C23H23N3O2/c27-22(26-18-12-16-10-11-17(13-18)25-16)19-8-4-5-9-20(19)23-24-14-21(28-23)15-6-2-1-3-7-15/h1-9,14,16-18,25H,10-13H2,(H,26,27). The van der Waals surface area contributed by atoms with Gasteiger partial charge in [0.25, 0.3) is 5.91 Å². The number of carbonyl (C=O) groups is 1. The monoisotopic (exact) mass is 373 g/mol. The van der Waals surface area contributed by atoms with Crippen molar-refractivity contribution >= 4 is 5.91 Å². The highest BCUT2D eigenvalue weighted by molar-refractivity contribution is 6.00. The molecule has 28 heavy (non-hydrogen) atoms. The number of hydrogen-bond acceptors (Lipinski definition) is 4. The van der Waals surface area contributed by atoms with E-state index in [1.54, 1.807) is 6.20 Å². The van der Waals surface area contributed by atoms with Gasteiger partial charge in [-0.15, -0.1) is 0 Å². The number of oxazole rings is 1. The van der Waals surface area contributed by atoms with Crippen LogP contribution >= 0.6 is 0 Å². The topological polar surface area (TPSA) is 67.2 Å². The summed E-state index contributed by atoms with van der Waals surface area (Å²) in [5.41, 5.74) is 2.29. The first-order valence-corrected chi connectivity index (χ1v) is 9.94. The third kappa shape index (κ3) is 3.34. The second-order valence-electron chi connectivity index (χ2n) is 7.72. The van der Waals surface area contributed by atoms with Crippen LogP contribution in [0.1, 0.15) is 36.0 Å². The van der Waals surface area contributed by atoms with Crippen molar-refractivity contribution < 1.29 is 9.21 Å². The minimum absolute atomic E-state index is 0.0543. The second kappa shape index (κ2) is 7.24. The Labute approximate surface area is 164 Å². The highest BCUT2D eigenvalue weighted by Crippen LogP contribution is 2.30. The maximum Gasteiger partial charge on any atom is 0.252 e. The van der Waals surface area contributed by atoms with Gasteiger partial charge in [-0.05, 0) is 37.8 Å². The first-order valence-electron chi connectivity index (χ1n) is 9.94. The summed E-state index contributed by atoms with van der Waals surface area (Å²) in [6, 6.07) is 18.7.